The summed E-state index contributed by atoms with van der Waals surface area (Å²) in [5, 5.41) is 16.6. The maximum Gasteiger partial charge on any atom is 0.245 e. The van der Waals surface area contributed by atoms with Crippen LogP contribution in [0.1, 0.15) is 6.92 Å². The zero-order valence-electron chi connectivity index (χ0n) is 14.6. The number of carbonyl (C=O) groups excluding carboxylic acids is 1. The van der Waals surface area contributed by atoms with E-state index >= 15 is 0 Å². The number of carbonyl (C=O) groups is 1. The molecule has 2 aromatic carbocycles. The molecule has 1 amide bonds. The van der Waals surface area contributed by atoms with Crippen molar-refractivity contribution in [3.05, 3.63) is 53.0 Å². The van der Waals surface area contributed by atoms with Crippen LogP contribution in [0.4, 0.5) is 28.7 Å². The van der Waals surface area contributed by atoms with Gasteiger partial charge in [0, 0.05) is 28.5 Å². The van der Waals surface area contributed by atoms with Crippen molar-refractivity contribution in [1.29, 1.82) is 0 Å². The SMILES string of the molecule is CC(=O)Nc1ccc(Nc2nc3nonc3nc2Nc2cccc(Br)c2)cc1. The Hall–Kier alpha value is -3.53. The Balaban J connectivity index is 1.65. The molecule has 140 valence electrons. The molecule has 0 aliphatic rings. The molecule has 4 rings (SSSR count). The Morgan fingerprint density at radius 2 is 1.50 bits per heavy atom. The van der Waals surface area contributed by atoms with Crippen LogP contribution in [0.25, 0.3) is 11.3 Å². The highest BCUT2D eigenvalue weighted by Gasteiger charge is 2.13. The monoisotopic (exact) mass is 439 g/mol. The van der Waals surface area contributed by atoms with Crippen LogP contribution in [0.2, 0.25) is 0 Å². The first-order valence-electron chi connectivity index (χ1n) is 8.24. The summed E-state index contributed by atoms with van der Waals surface area (Å²) in [6.07, 6.45) is 0. The molecular weight excluding hydrogens is 426 g/mol. The molecule has 0 saturated heterocycles. The lowest BCUT2D eigenvalue weighted by Gasteiger charge is -2.12. The Labute approximate surface area is 167 Å². The average molecular weight is 440 g/mol. The zero-order chi connectivity index (χ0) is 19.5. The highest BCUT2D eigenvalue weighted by atomic mass is 79.9. The predicted molar refractivity (Wildman–Crippen MR) is 109 cm³/mol. The normalized spacial score (nSPS) is 10.6. The fraction of sp³-hybridized carbons (Fsp3) is 0.0556. The van der Waals surface area contributed by atoms with Gasteiger partial charge >= 0.3 is 0 Å². The van der Waals surface area contributed by atoms with E-state index in [1.54, 1.807) is 12.1 Å². The summed E-state index contributed by atoms with van der Waals surface area (Å²) in [5.41, 5.74) is 2.87. The molecular formula is C18H14BrN7O2. The van der Waals surface area contributed by atoms with Crippen molar-refractivity contribution in [2.75, 3.05) is 16.0 Å². The maximum absolute atomic E-state index is 11.2. The van der Waals surface area contributed by atoms with Crippen LogP contribution in [-0.4, -0.2) is 26.2 Å². The molecule has 9 nitrogen and oxygen atoms in total. The van der Waals surface area contributed by atoms with Gasteiger partial charge in [-0.3, -0.25) is 4.79 Å². The fourth-order valence-electron chi connectivity index (χ4n) is 2.49. The van der Waals surface area contributed by atoms with Crippen molar-refractivity contribution in [3.63, 3.8) is 0 Å². The van der Waals surface area contributed by atoms with Gasteiger partial charge in [-0.25, -0.2) is 14.6 Å². The topological polar surface area (TPSA) is 118 Å². The van der Waals surface area contributed by atoms with Crippen LogP contribution in [0.3, 0.4) is 0 Å². The minimum absolute atomic E-state index is 0.129. The second-order valence-electron chi connectivity index (χ2n) is 5.85. The summed E-state index contributed by atoms with van der Waals surface area (Å²) in [6.45, 7) is 1.46. The smallest absolute Gasteiger partial charge is 0.245 e. The van der Waals surface area contributed by atoms with Crippen molar-refractivity contribution in [1.82, 2.24) is 20.3 Å². The molecule has 28 heavy (non-hydrogen) atoms. The number of aromatic nitrogens is 4. The molecule has 0 fully saturated rings. The first-order chi connectivity index (χ1) is 13.6. The highest BCUT2D eigenvalue weighted by Crippen LogP contribution is 2.28. The number of rotatable bonds is 5. The third-order valence-corrected chi connectivity index (χ3v) is 4.16. The van der Waals surface area contributed by atoms with Gasteiger partial charge in [0.15, 0.2) is 11.6 Å². The molecule has 2 heterocycles. The van der Waals surface area contributed by atoms with E-state index in [1.165, 1.54) is 6.92 Å². The maximum atomic E-state index is 11.2. The van der Waals surface area contributed by atoms with Gasteiger partial charge in [-0.15, -0.1) is 0 Å². The van der Waals surface area contributed by atoms with Crippen LogP contribution in [0.15, 0.2) is 57.6 Å². The van der Waals surface area contributed by atoms with Crippen molar-refractivity contribution in [3.8, 4) is 0 Å². The second kappa shape index (κ2) is 7.61. The molecule has 10 heteroatoms. The number of benzene rings is 2. The lowest BCUT2D eigenvalue weighted by molar-refractivity contribution is -0.114. The molecule has 2 aromatic heterocycles. The van der Waals surface area contributed by atoms with Crippen molar-refractivity contribution >= 4 is 61.8 Å². The van der Waals surface area contributed by atoms with Crippen LogP contribution >= 0.6 is 15.9 Å². The summed E-state index contributed by atoms with van der Waals surface area (Å²) in [5.74, 6) is 0.791. The molecule has 0 aliphatic carbocycles. The van der Waals surface area contributed by atoms with Gasteiger partial charge in [-0.05, 0) is 52.8 Å². The minimum Gasteiger partial charge on any atom is -0.337 e. The molecule has 0 saturated carbocycles. The van der Waals surface area contributed by atoms with E-state index in [-0.39, 0.29) is 11.6 Å². The number of halogens is 1. The van der Waals surface area contributed by atoms with E-state index in [2.05, 4.69) is 52.2 Å². The lowest BCUT2D eigenvalue weighted by atomic mass is 10.2. The summed E-state index contributed by atoms with van der Waals surface area (Å²) in [7, 11) is 0. The van der Waals surface area contributed by atoms with Crippen LogP contribution < -0.4 is 16.0 Å². The van der Waals surface area contributed by atoms with Crippen molar-refractivity contribution in [2.45, 2.75) is 6.92 Å². The van der Waals surface area contributed by atoms with Gasteiger partial charge < -0.3 is 16.0 Å². The molecule has 0 spiro atoms. The second-order valence-corrected chi connectivity index (χ2v) is 6.77. The van der Waals surface area contributed by atoms with Gasteiger partial charge in [0.1, 0.15) is 0 Å². The number of hydrogen-bond acceptors (Lipinski definition) is 8. The number of fused-ring (bicyclic) bond motifs is 1. The third-order valence-electron chi connectivity index (χ3n) is 3.67. The van der Waals surface area contributed by atoms with E-state index in [9.17, 15) is 4.79 Å². The van der Waals surface area contributed by atoms with Gasteiger partial charge in [0.2, 0.25) is 17.2 Å². The Morgan fingerprint density at radius 3 is 2.11 bits per heavy atom. The van der Waals surface area contributed by atoms with E-state index in [1.807, 2.05) is 36.4 Å². The quantitative estimate of drug-likeness (QED) is 0.422. The third kappa shape index (κ3) is 4.07. The fourth-order valence-corrected chi connectivity index (χ4v) is 2.89. The predicted octanol–water partition coefficient (Wildman–Crippen LogP) is 4.22. The van der Waals surface area contributed by atoms with E-state index in [0.29, 0.717) is 23.0 Å². The molecule has 0 unspecified atom stereocenters. The van der Waals surface area contributed by atoms with Gasteiger partial charge in [-0.1, -0.05) is 22.0 Å². The summed E-state index contributed by atoms with van der Waals surface area (Å²) >= 11 is 3.45. The molecule has 0 atom stereocenters. The number of hydrogen-bond donors (Lipinski definition) is 3. The highest BCUT2D eigenvalue weighted by molar-refractivity contribution is 9.10. The summed E-state index contributed by atoms with van der Waals surface area (Å²) in [4.78, 5) is 20.0. The molecule has 0 bridgehead atoms. The summed E-state index contributed by atoms with van der Waals surface area (Å²) in [6, 6.07) is 14.9. The average Bonchev–Trinajstić information content (AvgIpc) is 3.10. The van der Waals surface area contributed by atoms with Crippen molar-refractivity contribution < 1.29 is 9.42 Å². The van der Waals surface area contributed by atoms with Crippen LogP contribution in [0.5, 0.6) is 0 Å². The molecule has 3 N–H and O–H groups in total. The van der Waals surface area contributed by atoms with Crippen LogP contribution in [0, 0.1) is 0 Å². The number of anilines is 5. The number of amides is 1. The first kappa shape index (κ1) is 17.9. The Morgan fingerprint density at radius 1 is 0.893 bits per heavy atom. The zero-order valence-corrected chi connectivity index (χ0v) is 16.2. The van der Waals surface area contributed by atoms with Gasteiger partial charge in [0.05, 0.1) is 0 Å². The largest absolute Gasteiger partial charge is 0.337 e. The van der Waals surface area contributed by atoms with Crippen molar-refractivity contribution in [2.24, 2.45) is 0 Å². The van der Waals surface area contributed by atoms with E-state index in [4.69, 9.17) is 4.63 Å². The van der Waals surface area contributed by atoms with Gasteiger partial charge in [0.25, 0.3) is 0 Å². The molecule has 0 radical (unpaired) electrons. The molecule has 4 aromatic rings. The molecule has 0 aliphatic heterocycles. The Bertz CT molecular complexity index is 1140. The van der Waals surface area contributed by atoms with E-state index < -0.39 is 0 Å². The number of nitrogens with one attached hydrogen (secondary N) is 3. The standard InChI is InChI=1S/C18H14BrN7O2/c1-10(27)20-12-5-7-13(8-6-12)21-15-16(22-14-4-2-3-11(19)9-14)24-18-17(23-15)25-28-26-18/h2-9H,1H3,(H,20,27)(H,21,23,25)(H,22,24,26). The minimum atomic E-state index is -0.129. The first-order valence-corrected chi connectivity index (χ1v) is 9.04. The summed E-state index contributed by atoms with van der Waals surface area (Å²) < 4.78 is 5.65. The van der Waals surface area contributed by atoms with Gasteiger partial charge in [-0.2, -0.15) is 0 Å². The van der Waals surface area contributed by atoms with E-state index in [0.717, 1.165) is 15.8 Å². The van der Waals surface area contributed by atoms with Crippen LogP contribution in [-0.2, 0) is 4.79 Å². The number of nitrogens with zero attached hydrogens (tertiary/aromatic N) is 4. The Kier molecular flexibility index (Phi) is 4.85. The lowest BCUT2D eigenvalue weighted by Crippen LogP contribution is -2.06.